The fourth-order valence-corrected chi connectivity index (χ4v) is 3.25. The second kappa shape index (κ2) is 25.6. The van der Waals surface area contributed by atoms with Crippen LogP contribution in [0.25, 0.3) is 0 Å². The quantitative estimate of drug-likeness (QED) is 0.0784. The van der Waals surface area contributed by atoms with Gasteiger partial charge in [-0.3, -0.25) is 14.5 Å². The molecule has 0 saturated heterocycles. The van der Waals surface area contributed by atoms with Gasteiger partial charge in [0.05, 0.1) is 33.0 Å². The van der Waals surface area contributed by atoms with E-state index in [0.29, 0.717) is 6.42 Å². The van der Waals surface area contributed by atoms with E-state index < -0.39 is 6.10 Å². The molecular weight excluding hydrogens is 426 g/mol. The summed E-state index contributed by atoms with van der Waals surface area (Å²) in [5.41, 5.74) is 0. The first-order valence-corrected chi connectivity index (χ1v) is 12.9. The Morgan fingerprint density at radius 2 is 1.33 bits per heavy atom. The predicted octanol–water partition coefficient (Wildman–Crippen LogP) is 4.08. The van der Waals surface area contributed by atoms with Crippen molar-refractivity contribution in [1.82, 2.24) is 5.23 Å². The number of aliphatic hydroxyl groups is 3. The molecule has 0 aromatic carbocycles. The molecular formula is C25H49NO7. The fraction of sp³-hybridized carbons (Fsp3) is 0.880. The van der Waals surface area contributed by atoms with Crippen LogP contribution < -0.4 is 0 Å². The van der Waals surface area contributed by atoms with Gasteiger partial charge in [0, 0.05) is 6.42 Å². The molecule has 1 unspecified atom stereocenters. The smallest absolute Gasteiger partial charge is 0.305 e. The highest BCUT2D eigenvalue weighted by Gasteiger charge is 2.15. The SMILES string of the molecule is CCCCCCCC/C=C\CCCCCCCC(=O)OCC(O)CN(OCCO)OCCO. The van der Waals surface area contributed by atoms with Crippen LogP contribution in [0.15, 0.2) is 12.2 Å². The predicted molar refractivity (Wildman–Crippen MR) is 129 cm³/mol. The fourth-order valence-electron chi connectivity index (χ4n) is 3.25. The van der Waals surface area contributed by atoms with Crippen LogP contribution in [-0.4, -0.2) is 72.2 Å². The third-order valence-electron chi connectivity index (χ3n) is 5.09. The Labute approximate surface area is 200 Å². The third kappa shape index (κ3) is 23.9. The molecule has 8 heteroatoms. The second-order valence-electron chi connectivity index (χ2n) is 8.30. The van der Waals surface area contributed by atoms with Gasteiger partial charge in [-0.2, -0.15) is 0 Å². The van der Waals surface area contributed by atoms with Crippen LogP contribution in [0.3, 0.4) is 0 Å². The molecule has 0 heterocycles. The number of unbranched alkanes of at least 4 members (excludes halogenated alkanes) is 11. The van der Waals surface area contributed by atoms with Crippen molar-refractivity contribution in [3.05, 3.63) is 12.2 Å². The molecule has 33 heavy (non-hydrogen) atoms. The van der Waals surface area contributed by atoms with Crippen molar-refractivity contribution in [1.29, 1.82) is 0 Å². The average Bonchev–Trinajstić information content (AvgIpc) is 2.81. The minimum Gasteiger partial charge on any atom is -0.463 e. The number of allylic oxidation sites excluding steroid dienone is 2. The van der Waals surface area contributed by atoms with Crippen molar-refractivity contribution in [2.24, 2.45) is 0 Å². The summed E-state index contributed by atoms with van der Waals surface area (Å²) in [7, 11) is 0. The number of hydrogen-bond donors (Lipinski definition) is 3. The standard InChI is InChI=1S/C25H49NO7/c1-2-3-4-5-6-7-8-9-10-11-12-13-14-15-16-17-25(30)31-23-24(29)22-26(32-20-18-27)33-21-19-28/h9-10,24,27-29H,2-8,11-23H2,1H3/b10-9-. The summed E-state index contributed by atoms with van der Waals surface area (Å²) in [5.74, 6) is -0.328. The lowest BCUT2D eigenvalue weighted by Gasteiger charge is -2.22. The zero-order chi connectivity index (χ0) is 24.4. The Bertz CT molecular complexity index is 440. The van der Waals surface area contributed by atoms with E-state index in [9.17, 15) is 9.90 Å². The summed E-state index contributed by atoms with van der Waals surface area (Å²) in [6.07, 6.45) is 19.6. The molecule has 0 aliphatic rings. The normalized spacial score (nSPS) is 12.6. The van der Waals surface area contributed by atoms with Crippen LogP contribution >= 0.6 is 0 Å². The highest BCUT2D eigenvalue weighted by molar-refractivity contribution is 5.69. The molecule has 0 spiro atoms. The van der Waals surface area contributed by atoms with E-state index in [-0.39, 0.29) is 45.5 Å². The van der Waals surface area contributed by atoms with Gasteiger partial charge in [0.15, 0.2) is 0 Å². The van der Waals surface area contributed by atoms with Gasteiger partial charge in [0.25, 0.3) is 0 Å². The number of carbonyl (C=O) groups is 1. The molecule has 0 radical (unpaired) electrons. The van der Waals surface area contributed by atoms with Crippen LogP contribution in [0.4, 0.5) is 0 Å². The first-order valence-electron chi connectivity index (χ1n) is 12.9. The number of hydrogen-bond acceptors (Lipinski definition) is 8. The van der Waals surface area contributed by atoms with Crippen LogP contribution in [0.2, 0.25) is 0 Å². The number of esters is 1. The van der Waals surface area contributed by atoms with Gasteiger partial charge in [0.2, 0.25) is 0 Å². The summed E-state index contributed by atoms with van der Waals surface area (Å²) < 4.78 is 5.10. The summed E-state index contributed by atoms with van der Waals surface area (Å²) >= 11 is 0. The molecule has 0 aromatic rings. The van der Waals surface area contributed by atoms with Crippen molar-refractivity contribution in [2.75, 3.05) is 39.6 Å². The minimum atomic E-state index is -1.000. The summed E-state index contributed by atoms with van der Waals surface area (Å²) in [6, 6.07) is 0. The highest BCUT2D eigenvalue weighted by Crippen LogP contribution is 2.10. The second-order valence-corrected chi connectivity index (χ2v) is 8.30. The zero-order valence-corrected chi connectivity index (χ0v) is 20.8. The molecule has 1 atom stereocenters. The number of carbonyl (C=O) groups excluding carboxylic acids is 1. The molecule has 0 aromatic heterocycles. The van der Waals surface area contributed by atoms with E-state index in [2.05, 4.69) is 19.1 Å². The molecule has 0 saturated carbocycles. The van der Waals surface area contributed by atoms with Gasteiger partial charge < -0.3 is 20.1 Å². The van der Waals surface area contributed by atoms with E-state index in [1.54, 1.807) is 0 Å². The van der Waals surface area contributed by atoms with Crippen molar-refractivity contribution in [2.45, 2.75) is 103 Å². The molecule has 0 aliphatic heterocycles. The van der Waals surface area contributed by atoms with Gasteiger partial charge in [-0.15, -0.1) is 0 Å². The molecule has 0 amide bonds. The Hall–Kier alpha value is -1.03. The lowest BCUT2D eigenvalue weighted by Crippen LogP contribution is -2.37. The van der Waals surface area contributed by atoms with E-state index >= 15 is 0 Å². The van der Waals surface area contributed by atoms with Crippen LogP contribution in [0, 0.1) is 0 Å². The van der Waals surface area contributed by atoms with Gasteiger partial charge in [-0.25, -0.2) is 0 Å². The third-order valence-corrected chi connectivity index (χ3v) is 5.09. The molecule has 0 bridgehead atoms. The summed E-state index contributed by atoms with van der Waals surface area (Å²) in [4.78, 5) is 22.0. The van der Waals surface area contributed by atoms with Crippen molar-refractivity contribution in [3.8, 4) is 0 Å². The Morgan fingerprint density at radius 1 is 0.818 bits per heavy atom. The van der Waals surface area contributed by atoms with Crippen LogP contribution in [-0.2, 0) is 19.2 Å². The molecule has 0 rings (SSSR count). The number of rotatable bonds is 25. The topological polar surface area (TPSA) is 109 Å². The van der Waals surface area contributed by atoms with E-state index in [0.717, 1.165) is 30.9 Å². The minimum absolute atomic E-state index is 0.00653. The van der Waals surface area contributed by atoms with Crippen molar-refractivity contribution in [3.63, 3.8) is 0 Å². The maximum Gasteiger partial charge on any atom is 0.305 e. The van der Waals surface area contributed by atoms with Gasteiger partial charge >= 0.3 is 5.97 Å². The molecule has 196 valence electrons. The first-order chi connectivity index (χ1) is 16.1. The molecule has 0 fully saturated rings. The largest absolute Gasteiger partial charge is 0.463 e. The lowest BCUT2D eigenvalue weighted by atomic mass is 10.1. The summed E-state index contributed by atoms with van der Waals surface area (Å²) in [5, 5.41) is 28.5. The van der Waals surface area contributed by atoms with Gasteiger partial charge in [0.1, 0.15) is 12.7 Å². The Balaban J connectivity index is 3.58. The van der Waals surface area contributed by atoms with E-state index in [4.69, 9.17) is 24.6 Å². The summed E-state index contributed by atoms with van der Waals surface area (Å²) in [6.45, 7) is 1.59. The Morgan fingerprint density at radius 3 is 1.88 bits per heavy atom. The zero-order valence-electron chi connectivity index (χ0n) is 20.8. The van der Waals surface area contributed by atoms with Gasteiger partial charge in [-0.1, -0.05) is 75.7 Å². The number of ether oxygens (including phenoxy) is 1. The van der Waals surface area contributed by atoms with Crippen molar-refractivity contribution < 1.29 is 34.5 Å². The monoisotopic (exact) mass is 475 g/mol. The maximum atomic E-state index is 11.8. The van der Waals surface area contributed by atoms with Crippen LogP contribution in [0.1, 0.15) is 96.8 Å². The number of hydroxylamine groups is 2. The average molecular weight is 476 g/mol. The van der Waals surface area contributed by atoms with Crippen LogP contribution in [0.5, 0.6) is 0 Å². The number of aliphatic hydroxyl groups excluding tert-OH is 3. The van der Waals surface area contributed by atoms with Crippen molar-refractivity contribution >= 4 is 5.97 Å². The Kier molecular flexibility index (Phi) is 24.8. The van der Waals surface area contributed by atoms with E-state index in [1.165, 1.54) is 57.8 Å². The highest BCUT2D eigenvalue weighted by atomic mass is 16.9. The van der Waals surface area contributed by atoms with E-state index in [1.807, 2.05) is 0 Å². The lowest BCUT2D eigenvalue weighted by molar-refractivity contribution is -0.377. The molecule has 0 aliphatic carbocycles. The number of nitrogens with zero attached hydrogens (tertiary/aromatic N) is 1. The maximum absolute atomic E-state index is 11.8. The molecule has 3 N–H and O–H groups in total. The van der Waals surface area contributed by atoms with Gasteiger partial charge in [-0.05, 0) is 32.1 Å². The molecule has 8 nitrogen and oxygen atoms in total. The first kappa shape index (κ1) is 32.0.